The second-order valence-electron chi connectivity index (χ2n) is 7.15. The van der Waals surface area contributed by atoms with Gasteiger partial charge in [-0.2, -0.15) is 0 Å². The van der Waals surface area contributed by atoms with E-state index in [4.69, 9.17) is 27.9 Å². The Morgan fingerprint density at radius 1 is 1.10 bits per heavy atom. The number of hydrogen-bond donors (Lipinski definition) is 1. The van der Waals surface area contributed by atoms with Crippen molar-refractivity contribution >= 4 is 56.3 Å². The van der Waals surface area contributed by atoms with Gasteiger partial charge in [0.15, 0.2) is 0 Å². The van der Waals surface area contributed by atoms with Crippen LogP contribution in [0.4, 0.5) is 11.4 Å². The molecule has 2 aliphatic rings. The number of ether oxygens (including phenoxy) is 1. The van der Waals surface area contributed by atoms with Crippen LogP contribution in [0.15, 0.2) is 42.5 Å². The predicted molar refractivity (Wildman–Crippen MR) is 120 cm³/mol. The van der Waals surface area contributed by atoms with E-state index in [1.54, 1.807) is 24.3 Å². The number of anilines is 2. The molecular formula is C21H20Cl2N2O4S. The minimum atomic E-state index is -3.36. The fourth-order valence-corrected chi connectivity index (χ4v) is 5.53. The van der Waals surface area contributed by atoms with Gasteiger partial charge in [0.1, 0.15) is 5.76 Å². The molecule has 2 aromatic rings. The van der Waals surface area contributed by atoms with Crippen LogP contribution in [0.25, 0.3) is 5.76 Å². The summed E-state index contributed by atoms with van der Waals surface area (Å²) in [5, 5.41) is 3.49. The molecule has 158 valence electrons. The van der Waals surface area contributed by atoms with E-state index in [9.17, 15) is 13.2 Å². The van der Waals surface area contributed by atoms with Gasteiger partial charge in [0.25, 0.3) is 5.91 Å². The Morgan fingerprint density at radius 2 is 1.93 bits per heavy atom. The van der Waals surface area contributed by atoms with Crippen molar-refractivity contribution in [2.24, 2.45) is 0 Å². The number of hydrogen-bond acceptors (Lipinski definition) is 4. The highest BCUT2D eigenvalue weighted by Crippen LogP contribution is 2.30. The molecular weight excluding hydrogens is 447 g/mol. The number of nitrogens with zero attached hydrogens (tertiary/aromatic N) is 1. The third kappa shape index (κ3) is 4.43. The molecule has 30 heavy (non-hydrogen) atoms. The summed E-state index contributed by atoms with van der Waals surface area (Å²) in [6.45, 7) is 1.03. The van der Waals surface area contributed by atoms with Gasteiger partial charge in [-0.3, -0.25) is 9.10 Å². The van der Waals surface area contributed by atoms with Gasteiger partial charge in [0.05, 0.1) is 28.6 Å². The Balaban J connectivity index is 1.61. The highest BCUT2D eigenvalue weighted by Gasteiger charge is 2.29. The minimum absolute atomic E-state index is 0.0976. The molecule has 2 aromatic carbocycles. The third-order valence-corrected chi connectivity index (χ3v) is 7.38. The molecule has 0 bridgehead atoms. The van der Waals surface area contributed by atoms with Gasteiger partial charge < -0.3 is 10.1 Å². The van der Waals surface area contributed by atoms with Gasteiger partial charge in [0, 0.05) is 22.8 Å². The molecule has 2 heterocycles. The highest BCUT2D eigenvalue weighted by molar-refractivity contribution is 7.93. The van der Waals surface area contributed by atoms with Gasteiger partial charge in [-0.1, -0.05) is 23.2 Å². The lowest BCUT2D eigenvalue weighted by Crippen LogP contribution is -2.25. The fourth-order valence-electron chi connectivity index (χ4n) is 3.53. The molecule has 0 unspecified atom stereocenters. The van der Waals surface area contributed by atoms with Crippen LogP contribution in [0, 0.1) is 0 Å². The molecule has 2 aliphatic heterocycles. The summed E-state index contributed by atoms with van der Waals surface area (Å²) in [5.74, 6) is 0.379. The SMILES string of the molecule is O=C(Nc1cc(Cl)cc(C2=CCCCO2)c1)c1cc(N2CCCS2(=O)=O)ccc1Cl. The zero-order chi connectivity index (χ0) is 21.3. The molecule has 1 fully saturated rings. The van der Waals surface area contributed by atoms with E-state index in [0.29, 0.717) is 36.0 Å². The molecule has 1 amide bonds. The number of rotatable bonds is 4. The van der Waals surface area contributed by atoms with Crippen molar-refractivity contribution in [3.8, 4) is 0 Å². The Bertz CT molecular complexity index is 1130. The molecule has 0 saturated carbocycles. The van der Waals surface area contributed by atoms with Gasteiger partial charge in [-0.05, 0) is 61.7 Å². The summed E-state index contributed by atoms with van der Waals surface area (Å²) in [6, 6.07) is 9.83. The lowest BCUT2D eigenvalue weighted by atomic mass is 10.1. The summed E-state index contributed by atoms with van der Waals surface area (Å²) >= 11 is 12.5. The summed E-state index contributed by atoms with van der Waals surface area (Å²) in [7, 11) is -3.36. The summed E-state index contributed by atoms with van der Waals surface area (Å²) in [6.07, 6.45) is 4.44. The molecule has 1 saturated heterocycles. The van der Waals surface area contributed by atoms with E-state index in [-0.39, 0.29) is 16.3 Å². The maximum atomic E-state index is 12.9. The van der Waals surface area contributed by atoms with Crippen LogP contribution in [0.1, 0.15) is 35.2 Å². The first-order chi connectivity index (χ1) is 14.3. The first-order valence-electron chi connectivity index (χ1n) is 9.59. The van der Waals surface area contributed by atoms with Crippen LogP contribution < -0.4 is 9.62 Å². The first kappa shape index (κ1) is 21.0. The van der Waals surface area contributed by atoms with E-state index in [2.05, 4.69) is 5.32 Å². The molecule has 0 aromatic heterocycles. The third-order valence-electron chi connectivity index (χ3n) is 4.96. The number of carbonyl (C=O) groups excluding carboxylic acids is 1. The normalized spacial score (nSPS) is 17.9. The van der Waals surface area contributed by atoms with Gasteiger partial charge >= 0.3 is 0 Å². The number of nitrogens with one attached hydrogen (secondary N) is 1. The number of benzene rings is 2. The van der Waals surface area contributed by atoms with Crippen LogP contribution in [-0.4, -0.2) is 33.2 Å². The molecule has 9 heteroatoms. The van der Waals surface area contributed by atoms with E-state index >= 15 is 0 Å². The van der Waals surface area contributed by atoms with E-state index in [1.165, 1.54) is 16.4 Å². The average molecular weight is 467 g/mol. The molecule has 1 N–H and O–H groups in total. The largest absolute Gasteiger partial charge is 0.493 e. The number of allylic oxidation sites excluding steroid dienone is 1. The van der Waals surface area contributed by atoms with E-state index in [1.807, 2.05) is 6.08 Å². The lowest BCUT2D eigenvalue weighted by Gasteiger charge is -2.18. The van der Waals surface area contributed by atoms with Crippen molar-refractivity contribution in [3.05, 3.63) is 63.6 Å². The molecule has 0 aliphatic carbocycles. The molecule has 0 radical (unpaired) electrons. The van der Waals surface area contributed by atoms with E-state index in [0.717, 1.165) is 24.2 Å². The van der Waals surface area contributed by atoms with Crippen molar-refractivity contribution < 1.29 is 17.9 Å². The zero-order valence-corrected chi connectivity index (χ0v) is 18.4. The van der Waals surface area contributed by atoms with Crippen molar-refractivity contribution in [1.29, 1.82) is 0 Å². The molecule has 4 rings (SSSR count). The Labute approximate surface area is 185 Å². The second-order valence-corrected chi connectivity index (χ2v) is 10.0. The van der Waals surface area contributed by atoms with Gasteiger partial charge in [-0.25, -0.2) is 8.42 Å². The Morgan fingerprint density at radius 3 is 2.63 bits per heavy atom. The fraction of sp³-hybridized carbons (Fsp3) is 0.286. The van der Waals surface area contributed by atoms with Crippen LogP contribution in [0.5, 0.6) is 0 Å². The van der Waals surface area contributed by atoms with Crippen molar-refractivity contribution in [2.45, 2.75) is 19.3 Å². The maximum Gasteiger partial charge on any atom is 0.257 e. The van der Waals surface area contributed by atoms with Crippen LogP contribution in [0.2, 0.25) is 10.0 Å². The van der Waals surface area contributed by atoms with Crippen molar-refractivity contribution in [3.63, 3.8) is 0 Å². The Hall–Kier alpha value is -2.22. The van der Waals surface area contributed by atoms with Crippen molar-refractivity contribution in [2.75, 3.05) is 28.5 Å². The van der Waals surface area contributed by atoms with Crippen molar-refractivity contribution in [1.82, 2.24) is 0 Å². The maximum absolute atomic E-state index is 12.9. The molecule has 0 spiro atoms. The first-order valence-corrected chi connectivity index (χ1v) is 12.0. The highest BCUT2D eigenvalue weighted by atomic mass is 35.5. The minimum Gasteiger partial charge on any atom is -0.493 e. The average Bonchev–Trinajstić information content (AvgIpc) is 3.07. The monoisotopic (exact) mass is 466 g/mol. The predicted octanol–water partition coefficient (Wildman–Crippen LogP) is 4.94. The number of sulfonamides is 1. The standard InChI is InChI=1S/C21H20Cl2N2O4S/c22-15-10-14(20-4-1-2-8-29-20)11-16(12-15)24-21(26)18-13-17(5-6-19(18)23)25-7-3-9-30(25,27)28/h4-6,10-13H,1-3,7-9H2,(H,24,26). The van der Waals surface area contributed by atoms with Crippen LogP contribution in [0.3, 0.4) is 0 Å². The van der Waals surface area contributed by atoms with Crippen LogP contribution in [-0.2, 0) is 14.8 Å². The smallest absolute Gasteiger partial charge is 0.257 e. The quantitative estimate of drug-likeness (QED) is 0.692. The zero-order valence-electron chi connectivity index (χ0n) is 16.0. The van der Waals surface area contributed by atoms with Gasteiger partial charge in [0.2, 0.25) is 10.0 Å². The topological polar surface area (TPSA) is 75.7 Å². The summed E-state index contributed by atoms with van der Waals surface area (Å²) in [5.41, 5.74) is 1.88. The van der Waals surface area contributed by atoms with Crippen LogP contribution >= 0.6 is 23.2 Å². The van der Waals surface area contributed by atoms with Gasteiger partial charge in [-0.15, -0.1) is 0 Å². The molecule has 0 atom stereocenters. The second kappa shape index (κ2) is 8.49. The summed E-state index contributed by atoms with van der Waals surface area (Å²) < 4.78 is 31.4. The number of carbonyl (C=O) groups is 1. The Kier molecular flexibility index (Phi) is 5.95. The number of amides is 1. The lowest BCUT2D eigenvalue weighted by molar-refractivity contribution is 0.102. The van der Waals surface area contributed by atoms with E-state index < -0.39 is 15.9 Å². The molecule has 6 nitrogen and oxygen atoms in total. The summed E-state index contributed by atoms with van der Waals surface area (Å²) in [4.78, 5) is 12.9. The number of halogens is 2.